The molecular weight excluding hydrogens is 316 g/mol. The highest BCUT2D eigenvalue weighted by Crippen LogP contribution is 2.24. The Labute approximate surface area is 148 Å². The molecule has 0 atom stereocenters. The summed E-state index contributed by atoms with van der Waals surface area (Å²) in [5.74, 6) is 0.931. The van der Waals surface area contributed by atoms with E-state index in [0.717, 1.165) is 48.2 Å². The van der Waals surface area contributed by atoms with Crippen LogP contribution in [0.15, 0.2) is 18.2 Å². The minimum atomic E-state index is -0.452. The lowest BCUT2D eigenvalue weighted by molar-refractivity contribution is 0.0492. The van der Waals surface area contributed by atoms with Crippen LogP contribution in [0.1, 0.15) is 52.3 Å². The smallest absolute Gasteiger partial charge is 0.407 e. The molecule has 0 saturated heterocycles. The molecule has 0 unspecified atom stereocenters. The molecule has 3 rings (SSSR count). The Morgan fingerprint density at radius 1 is 1.20 bits per heavy atom. The van der Waals surface area contributed by atoms with Gasteiger partial charge in [-0.2, -0.15) is 0 Å². The van der Waals surface area contributed by atoms with Crippen molar-refractivity contribution in [3.8, 4) is 0 Å². The predicted octanol–water partition coefficient (Wildman–Crippen LogP) is 4.12. The van der Waals surface area contributed by atoms with Gasteiger partial charge in [-0.1, -0.05) is 0 Å². The number of aromatic nitrogens is 2. The fraction of sp³-hybridized carbons (Fsp3) is 0.579. The number of carbonyl (C=O) groups is 1. The Hall–Kier alpha value is -2.24. The molecule has 1 amide bonds. The van der Waals surface area contributed by atoms with E-state index in [1.54, 1.807) is 0 Å². The zero-order chi connectivity index (χ0) is 18.0. The molecule has 0 aliphatic heterocycles. The van der Waals surface area contributed by atoms with E-state index in [1.165, 1.54) is 0 Å². The molecule has 3 N–H and O–H groups in total. The van der Waals surface area contributed by atoms with Crippen LogP contribution in [-0.2, 0) is 4.74 Å². The summed E-state index contributed by atoms with van der Waals surface area (Å²) in [6.45, 7) is 7.61. The monoisotopic (exact) mass is 344 g/mol. The second-order valence-electron chi connectivity index (χ2n) is 7.89. The third-order valence-corrected chi connectivity index (χ3v) is 4.42. The topological polar surface area (TPSA) is 79.0 Å². The van der Waals surface area contributed by atoms with E-state index in [9.17, 15) is 4.79 Å². The van der Waals surface area contributed by atoms with E-state index >= 15 is 0 Å². The summed E-state index contributed by atoms with van der Waals surface area (Å²) in [5.41, 5.74) is 2.71. The van der Waals surface area contributed by atoms with Crippen molar-refractivity contribution in [2.24, 2.45) is 0 Å². The number of ether oxygens (including phenoxy) is 1. The van der Waals surface area contributed by atoms with E-state index in [2.05, 4.69) is 32.7 Å². The van der Waals surface area contributed by atoms with Crippen LogP contribution < -0.4 is 10.6 Å². The van der Waals surface area contributed by atoms with E-state index in [1.807, 2.05) is 33.8 Å². The van der Waals surface area contributed by atoms with Gasteiger partial charge in [0.15, 0.2) is 0 Å². The normalized spacial score (nSPS) is 21.1. The van der Waals surface area contributed by atoms with Gasteiger partial charge in [0.2, 0.25) is 0 Å². The molecule has 1 fully saturated rings. The standard InChI is InChI=1S/C19H28N4O2/c1-12-20-16-10-9-15(11-17(16)21-12)22-13-5-7-14(8-6-13)23-18(24)25-19(2,3)4/h9-11,13-14,22H,5-8H2,1-4H3,(H,20,21)(H,23,24). The number of aromatic amines is 1. The molecule has 1 aliphatic rings. The minimum absolute atomic E-state index is 0.200. The summed E-state index contributed by atoms with van der Waals surface area (Å²) in [4.78, 5) is 19.6. The number of nitrogens with zero attached hydrogens (tertiary/aromatic N) is 1. The third-order valence-electron chi connectivity index (χ3n) is 4.42. The van der Waals surface area contributed by atoms with Crippen LogP contribution in [-0.4, -0.2) is 33.7 Å². The molecule has 6 heteroatoms. The zero-order valence-electron chi connectivity index (χ0n) is 15.5. The van der Waals surface area contributed by atoms with Gasteiger partial charge in [0, 0.05) is 17.8 Å². The molecule has 1 aromatic carbocycles. The largest absolute Gasteiger partial charge is 0.444 e. The molecule has 25 heavy (non-hydrogen) atoms. The van der Waals surface area contributed by atoms with Crippen LogP contribution in [0.2, 0.25) is 0 Å². The van der Waals surface area contributed by atoms with Crippen molar-refractivity contribution in [1.29, 1.82) is 0 Å². The van der Waals surface area contributed by atoms with Gasteiger partial charge in [-0.15, -0.1) is 0 Å². The number of amides is 1. The Balaban J connectivity index is 1.49. The second kappa shape index (κ2) is 6.94. The minimum Gasteiger partial charge on any atom is -0.444 e. The molecule has 1 heterocycles. The Bertz CT molecular complexity index is 739. The van der Waals surface area contributed by atoms with Gasteiger partial charge < -0.3 is 20.4 Å². The number of hydrogen-bond acceptors (Lipinski definition) is 4. The first kappa shape index (κ1) is 17.6. The first-order chi connectivity index (χ1) is 11.8. The fourth-order valence-corrected chi connectivity index (χ4v) is 3.32. The molecule has 1 aromatic heterocycles. The van der Waals surface area contributed by atoms with Crippen molar-refractivity contribution in [3.05, 3.63) is 24.0 Å². The molecule has 1 aliphatic carbocycles. The SMILES string of the molecule is Cc1nc2ccc(NC3CCC(NC(=O)OC(C)(C)C)CC3)cc2[nH]1. The maximum absolute atomic E-state index is 11.9. The Kier molecular flexibility index (Phi) is 4.88. The molecule has 6 nitrogen and oxygen atoms in total. The summed E-state index contributed by atoms with van der Waals surface area (Å²) in [6.07, 6.45) is 3.66. The maximum atomic E-state index is 11.9. The van der Waals surface area contributed by atoms with Gasteiger partial charge in [0.1, 0.15) is 11.4 Å². The summed E-state index contributed by atoms with van der Waals surface area (Å²) in [5, 5.41) is 6.59. The van der Waals surface area contributed by atoms with Crippen LogP contribution >= 0.6 is 0 Å². The molecule has 0 spiro atoms. The number of rotatable bonds is 3. The van der Waals surface area contributed by atoms with E-state index in [-0.39, 0.29) is 12.1 Å². The molecule has 136 valence electrons. The number of anilines is 1. The average molecular weight is 344 g/mol. The van der Waals surface area contributed by atoms with Gasteiger partial charge >= 0.3 is 6.09 Å². The maximum Gasteiger partial charge on any atom is 0.407 e. The molecule has 1 saturated carbocycles. The fourth-order valence-electron chi connectivity index (χ4n) is 3.32. The van der Waals surface area contributed by atoms with Crippen molar-refractivity contribution < 1.29 is 9.53 Å². The van der Waals surface area contributed by atoms with Crippen LogP contribution in [0.4, 0.5) is 10.5 Å². The first-order valence-corrected chi connectivity index (χ1v) is 9.01. The summed E-state index contributed by atoms with van der Waals surface area (Å²) in [7, 11) is 0. The lowest BCUT2D eigenvalue weighted by atomic mass is 9.91. The Morgan fingerprint density at radius 2 is 1.88 bits per heavy atom. The van der Waals surface area contributed by atoms with Gasteiger partial charge in [-0.3, -0.25) is 0 Å². The van der Waals surface area contributed by atoms with Gasteiger partial charge in [-0.05, 0) is 71.6 Å². The summed E-state index contributed by atoms with van der Waals surface area (Å²) < 4.78 is 5.33. The quantitative estimate of drug-likeness (QED) is 0.782. The number of alkyl carbamates (subject to hydrolysis) is 1. The number of nitrogens with one attached hydrogen (secondary N) is 3. The van der Waals surface area contributed by atoms with Gasteiger partial charge in [0.25, 0.3) is 0 Å². The zero-order valence-corrected chi connectivity index (χ0v) is 15.5. The number of carbonyl (C=O) groups excluding carboxylic acids is 1. The number of imidazole rings is 1. The van der Waals surface area contributed by atoms with Gasteiger partial charge in [-0.25, -0.2) is 9.78 Å². The molecule has 2 aromatic rings. The highest BCUT2D eigenvalue weighted by Gasteiger charge is 2.24. The van der Waals surface area contributed by atoms with Crippen LogP contribution in [0, 0.1) is 6.92 Å². The van der Waals surface area contributed by atoms with Crippen molar-refractivity contribution in [3.63, 3.8) is 0 Å². The number of aryl methyl sites for hydroxylation is 1. The predicted molar refractivity (Wildman–Crippen MR) is 99.9 cm³/mol. The highest BCUT2D eigenvalue weighted by atomic mass is 16.6. The number of H-pyrrole nitrogens is 1. The lowest BCUT2D eigenvalue weighted by Gasteiger charge is -2.31. The van der Waals surface area contributed by atoms with Crippen LogP contribution in [0.25, 0.3) is 11.0 Å². The Morgan fingerprint density at radius 3 is 2.56 bits per heavy atom. The summed E-state index contributed by atoms with van der Waals surface area (Å²) in [6, 6.07) is 6.86. The van der Waals surface area contributed by atoms with E-state index in [4.69, 9.17) is 4.74 Å². The van der Waals surface area contributed by atoms with Crippen molar-refractivity contribution >= 4 is 22.8 Å². The van der Waals surface area contributed by atoms with E-state index < -0.39 is 5.60 Å². The molecule has 0 bridgehead atoms. The van der Waals surface area contributed by atoms with Crippen molar-refractivity contribution in [2.45, 2.75) is 71.1 Å². The second-order valence-corrected chi connectivity index (χ2v) is 7.89. The third kappa shape index (κ3) is 4.87. The summed E-state index contributed by atoms with van der Waals surface area (Å²) >= 11 is 0. The number of benzene rings is 1. The van der Waals surface area contributed by atoms with Crippen molar-refractivity contribution in [1.82, 2.24) is 15.3 Å². The average Bonchev–Trinajstić information content (AvgIpc) is 2.86. The lowest BCUT2D eigenvalue weighted by Crippen LogP contribution is -2.42. The number of fused-ring (bicyclic) bond motifs is 1. The molecule has 0 radical (unpaired) electrons. The number of hydrogen-bond donors (Lipinski definition) is 3. The van der Waals surface area contributed by atoms with Gasteiger partial charge in [0.05, 0.1) is 11.0 Å². The van der Waals surface area contributed by atoms with E-state index in [0.29, 0.717) is 6.04 Å². The highest BCUT2D eigenvalue weighted by molar-refractivity contribution is 5.79. The first-order valence-electron chi connectivity index (χ1n) is 9.01. The molecular formula is C19H28N4O2. The van der Waals surface area contributed by atoms with Crippen LogP contribution in [0.3, 0.4) is 0 Å². The van der Waals surface area contributed by atoms with Crippen molar-refractivity contribution in [2.75, 3.05) is 5.32 Å². The van der Waals surface area contributed by atoms with Crippen LogP contribution in [0.5, 0.6) is 0 Å².